The number of amides is 1. The summed E-state index contributed by atoms with van der Waals surface area (Å²) in [7, 11) is 1.73. The van der Waals surface area contributed by atoms with Gasteiger partial charge in [-0.3, -0.25) is 4.79 Å². The molecule has 34 heavy (non-hydrogen) atoms. The highest BCUT2D eigenvalue weighted by Gasteiger charge is 2.30. The molecule has 0 radical (unpaired) electrons. The first-order chi connectivity index (χ1) is 16.2. The monoisotopic (exact) mass is 500 g/mol. The van der Waals surface area contributed by atoms with Gasteiger partial charge in [-0.15, -0.1) is 0 Å². The van der Waals surface area contributed by atoms with Gasteiger partial charge in [-0.05, 0) is 51.0 Å². The van der Waals surface area contributed by atoms with Crippen molar-refractivity contribution in [2.75, 3.05) is 26.2 Å². The van der Waals surface area contributed by atoms with Crippen molar-refractivity contribution in [2.45, 2.75) is 63.6 Å². The van der Waals surface area contributed by atoms with Crippen LogP contribution in [0.15, 0.2) is 6.20 Å². The van der Waals surface area contributed by atoms with E-state index in [4.69, 9.17) is 4.74 Å². The van der Waals surface area contributed by atoms with Gasteiger partial charge in [0.2, 0.25) is 5.91 Å². The fraction of sp³-hybridized carbons (Fsp3) is 0.727. The lowest BCUT2D eigenvalue weighted by Crippen LogP contribution is -2.39. The van der Waals surface area contributed by atoms with Crippen LogP contribution in [0, 0.1) is 5.92 Å². The van der Waals surface area contributed by atoms with Gasteiger partial charge in [-0.25, -0.2) is 4.98 Å². The number of carbonyl (C=O) groups excluding carboxylic acids is 1. The summed E-state index contributed by atoms with van der Waals surface area (Å²) in [4.78, 5) is 21.5. The normalized spacial score (nSPS) is 21.6. The molecule has 188 valence electrons. The predicted octanol–water partition coefficient (Wildman–Crippen LogP) is 2.92. The molecule has 0 aromatic carbocycles. The van der Waals surface area contributed by atoms with E-state index in [0.29, 0.717) is 11.6 Å². The molecule has 1 amide bonds. The van der Waals surface area contributed by atoms with Crippen molar-refractivity contribution in [3.8, 4) is 5.19 Å². The first-order valence-corrected chi connectivity index (χ1v) is 12.6. The summed E-state index contributed by atoms with van der Waals surface area (Å²) in [6.07, 6.45) is 4.42. The summed E-state index contributed by atoms with van der Waals surface area (Å²) in [5.74, 6) is 0.660. The minimum absolute atomic E-state index is 0.00144. The van der Waals surface area contributed by atoms with Crippen molar-refractivity contribution in [1.29, 1.82) is 0 Å². The van der Waals surface area contributed by atoms with Crippen molar-refractivity contribution in [3.63, 3.8) is 0 Å². The molecule has 0 unspecified atom stereocenters. The Morgan fingerprint density at radius 3 is 2.71 bits per heavy atom. The Hall–Kier alpha value is -2.21. The lowest BCUT2D eigenvalue weighted by atomic mass is 9.84. The van der Waals surface area contributed by atoms with E-state index in [1.165, 1.54) is 16.1 Å². The Kier molecular flexibility index (Phi) is 8.07. The Bertz CT molecular complexity index is 929. The minimum Gasteiger partial charge on any atom is -0.460 e. The van der Waals surface area contributed by atoms with Gasteiger partial charge in [0.25, 0.3) is 5.19 Å². The van der Waals surface area contributed by atoms with E-state index >= 15 is 0 Å². The van der Waals surface area contributed by atoms with Gasteiger partial charge >= 0.3 is 6.18 Å². The number of nitrogens with zero attached hydrogens (tertiary/aromatic N) is 5. The first-order valence-electron chi connectivity index (χ1n) is 11.8. The van der Waals surface area contributed by atoms with E-state index in [2.05, 4.69) is 25.4 Å². The van der Waals surface area contributed by atoms with Gasteiger partial charge in [0, 0.05) is 37.5 Å². The molecule has 1 aliphatic carbocycles. The average molecular weight is 501 g/mol. The number of fused-ring (bicyclic) bond motifs is 1. The second-order valence-electron chi connectivity index (χ2n) is 9.17. The van der Waals surface area contributed by atoms with E-state index in [1.807, 2.05) is 0 Å². The molecule has 8 nitrogen and oxygen atoms in total. The van der Waals surface area contributed by atoms with E-state index in [-0.39, 0.29) is 23.6 Å². The smallest absolute Gasteiger partial charge is 0.422 e. The van der Waals surface area contributed by atoms with Crippen molar-refractivity contribution in [1.82, 2.24) is 30.2 Å². The number of hydrogen-bond acceptors (Lipinski definition) is 7. The average Bonchev–Trinajstić information content (AvgIpc) is 3.32. The largest absolute Gasteiger partial charge is 0.460 e. The van der Waals surface area contributed by atoms with Gasteiger partial charge in [0.1, 0.15) is 0 Å². The topological polar surface area (TPSA) is 85.2 Å². The van der Waals surface area contributed by atoms with Crippen LogP contribution in [-0.2, 0) is 31.1 Å². The Morgan fingerprint density at radius 1 is 1.24 bits per heavy atom. The summed E-state index contributed by atoms with van der Waals surface area (Å²) in [5.41, 5.74) is 1.56. The van der Waals surface area contributed by atoms with E-state index < -0.39 is 12.8 Å². The fourth-order valence-electron chi connectivity index (χ4n) is 4.69. The van der Waals surface area contributed by atoms with Crippen LogP contribution < -0.4 is 10.1 Å². The van der Waals surface area contributed by atoms with E-state index in [9.17, 15) is 18.0 Å². The van der Waals surface area contributed by atoms with Crippen LogP contribution in [0.4, 0.5) is 13.2 Å². The number of halogens is 3. The molecule has 1 saturated carbocycles. The molecule has 0 spiro atoms. The summed E-state index contributed by atoms with van der Waals surface area (Å²) >= 11 is 1.24. The molecule has 0 bridgehead atoms. The standard InChI is InChI=1S/C22H31F3N6O2S/c1-30-26-13-17(29-30)12-20(32)27-16-4-2-15(3-5-16)6-9-31-10-7-18-19(8-11-31)34-21(28-18)33-14-22(23,24)25/h13,15-16H,2-12,14H2,1H3,(H,27,32). The number of thiazole rings is 1. The Balaban J connectivity index is 1.13. The lowest BCUT2D eigenvalue weighted by Gasteiger charge is -2.30. The molecule has 3 heterocycles. The summed E-state index contributed by atoms with van der Waals surface area (Å²) < 4.78 is 41.9. The lowest BCUT2D eigenvalue weighted by molar-refractivity contribution is -0.153. The molecular formula is C22H31F3N6O2S. The molecule has 12 heteroatoms. The maximum atomic E-state index is 12.4. The van der Waals surface area contributed by atoms with Crippen molar-refractivity contribution in [2.24, 2.45) is 13.0 Å². The zero-order chi connectivity index (χ0) is 24.1. The van der Waals surface area contributed by atoms with Crippen LogP contribution >= 0.6 is 11.3 Å². The van der Waals surface area contributed by atoms with Crippen LogP contribution in [-0.4, -0.2) is 69.2 Å². The third kappa shape index (κ3) is 7.39. The third-order valence-electron chi connectivity index (χ3n) is 6.49. The van der Waals surface area contributed by atoms with Crippen LogP contribution in [0.25, 0.3) is 0 Å². The number of rotatable bonds is 8. The van der Waals surface area contributed by atoms with Crippen LogP contribution in [0.3, 0.4) is 0 Å². The number of alkyl halides is 3. The van der Waals surface area contributed by atoms with E-state index in [0.717, 1.165) is 75.2 Å². The quantitative estimate of drug-likeness (QED) is 0.600. The minimum atomic E-state index is -4.35. The van der Waals surface area contributed by atoms with Crippen molar-refractivity contribution >= 4 is 17.2 Å². The van der Waals surface area contributed by atoms with Gasteiger partial charge in [0.15, 0.2) is 6.61 Å². The molecule has 0 atom stereocenters. The Morgan fingerprint density at radius 2 is 2.00 bits per heavy atom. The molecule has 1 fully saturated rings. The number of carbonyl (C=O) groups is 1. The van der Waals surface area contributed by atoms with Gasteiger partial charge in [-0.2, -0.15) is 28.2 Å². The summed E-state index contributed by atoms with van der Waals surface area (Å²) in [5, 5.41) is 11.4. The molecule has 1 N–H and O–H groups in total. The van der Waals surface area contributed by atoms with Crippen LogP contribution in [0.2, 0.25) is 0 Å². The van der Waals surface area contributed by atoms with Crippen molar-refractivity contribution < 1.29 is 22.7 Å². The maximum Gasteiger partial charge on any atom is 0.422 e. The zero-order valence-corrected chi connectivity index (χ0v) is 20.1. The number of ether oxygens (including phenoxy) is 1. The molecule has 2 aliphatic rings. The predicted molar refractivity (Wildman–Crippen MR) is 121 cm³/mol. The van der Waals surface area contributed by atoms with Crippen LogP contribution in [0.5, 0.6) is 5.19 Å². The highest BCUT2D eigenvalue weighted by molar-refractivity contribution is 7.13. The number of aromatic nitrogens is 4. The molecule has 2 aromatic heterocycles. The molecule has 1 aliphatic heterocycles. The number of nitrogens with one attached hydrogen (secondary N) is 1. The SMILES string of the molecule is Cn1ncc(CC(=O)NC2CCC(CCN3CCc4nc(OCC(F)(F)F)sc4CC3)CC2)n1. The van der Waals surface area contributed by atoms with Crippen molar-refractivity contribution in [3.05, 3.63) is 22.5 Å². The molecular weight excluding hydrogens is 469 g/mol. The Labute approximate surface area is 200 Å². The fourth-order valence-corrected chi connectivity index (χ4v) is 5.63. The van der Waals surface area contributed by atoms with Gasteiger partial charge in [-0.1, -0.05) is 11.3 Å². The maximum absolute atomic E-state index is 12.4. The highest BCUT2D eigenvalue weighted by Crippen LogP contribution is 2.31. The second kappa shape index (κ2) is 11.0. The molecule has 4 rings (SSSR count). The van der Waals surface area contributed by atoms with Gasteiger partial charge < -0.3 is 15.0 Å². The molecule has 0 saturated heterocycles. The molecule has 2 aromatic rings. The second-order valence-corrected chi connectivity index (χ2v) is 10.2. The zero-order valence-electron chi connectivity index (χ0n) is 19.3. The van der Waals surface area contributed by atoms with Crippen LogP contribution in [0.1, 0.15) is 48.4 Å². The number of aryl methyl sites for hydroxylation is 1. The van der Waals surface area contributed by atoms with Gasteiger partial charge in [0.05, 0.1) is 24.0 Å². The third-order valence-corrected chi connectivity index (χ3v) is 7.56. The summed E-state index contributed by atoms with van der Waals surface area (Å²) in [6, 6.07) is 0.231. The van der Waals surface area contributed by atoms with E-state index in [1.54, 1.807) is 13.2 Å². The number of hydrogen-bond donors (Lipinski definition) is 1. The highest BCUT2D eigenvalue weighted by atomic mass is 32.1. The summed E-state index contributed by atoms with van der Waals surface area (Å²) in [6.45, 7) is 1.48. The first kappa shape index (κ1) is 24.9.